The second-order valence-corrected chi connectivity index (χ2v) is 10.7. The molecule has 0 radical (unpaired) electrons. The minimum absolute atomic E-state index is 0.0432. The molecule has 0 aromatic heterocycles. The number of fused-ring (bicyclic) bond motifs is 3. The van der Waals surface area contributed by atoms with Crippen molar-refractivity contribution in [3.8, 4) is 17.6 Å². The molecule has 0 saturated heterocycles. The predicted molar refractivity (Wildman–Crippen MR) is 132 cm³/mol. The minimum Gasteiger partial charge on any atom is -0.506 e. The molecular formula is C28H28N2O7. The molecule has 2 unspecified atom stereocenters. The zero-order chi connectivity index (χ0) is 26.8. The van der Waals surface area contributed by atoms with Gasteiger partial charge < -0.3 is 20.8 Å². The third-order valence-electron chi connectivity index (χ3n) is 8.26. The zero-order valence-corrected chi connectivity index (χ0v) is 20.7. The number of aliphatic hydroxyl groups is 1. The molecule has 2 fully saturated rings. The smallest absolute Gasteiger partial charge is 0.235 e. The van der Waals surface area contributed by atoms with Gasteiger partial charge in [0.05, 0.1) is 17.0 Å². The molecule has 0 bridgehead atoms. The van der Waals surface area contributed by atoms with Crippen LogP contribution in [0.15, 0.2) is 17.7 Å². The highest BCUT2D eigenvalue weighted by molar-refractivity contribution is 6.31. The molecule has 0 spiro atoms. The average molecular weight is 505 g/mol. The van der Waals surface area contributed by atoms with Gasteiger partial charge >= 0.3 is 0 Å². The standard InChI is InChI=1S/C28H28N2O7/c1-30(2)18-11-14(8-7-13-5-3-4-6-13)23(32)21-17(18)10-15-9-16-12-19(31)22(27(29)36)26(35)28(16,37)25(34)20(15)24(21)33/h5,11,15-16,20,22,32,37H,3-4,6,9-10,12H2,1-2H3,(H2,29,36)/t15-,16+,20?,22?,28+/m1/s1. The lowest BCUT2D eigenvalue weighted by atomic mass is 9.53. The second-order valence-electron chi connectivity index (χ2n) is 10.7. The van der Waals surface area contributed by atoms with Crippen LogP contribution in [0.25, 0.3) is 0 Å². The van der Waals surface area contributed by atoms with E-state index >= 15 is 0 Å². The number of hydrogen-bond acceptors (Lipinski definition) is 8. The number of Topliss-reactive ketones (excluding diaryl/α,β-unsaturated/α-hetero) is 4. The monoisotopic (exact) mass is 504 g/mol. The van der Waals surface area contributed by atoms with Crippen LogP contribution in [0.1, 0.15) is 53.6 Å². The Morgan fingerprint density at radius 2 is 1.86 bits per heavy atom. The van der Waals surface area contributed by atoms with Gasteiger partial charge in [-0.3, -0.25) is 24.0 Å². The Morgan fingerprint density at radius 1 is 1.14 bits per heavy atom. The number of anilines is 1. The van der Waals surface area contributed by atoms with Crippen molar-refractivity contribution in [3.05, 3.63) is 34.4 Å². The van der Waals surface area contributed by atoms with Crippen molar-refractivity contribution in [2.45, 2.75) is 44.1 Å². The van der Waals surface area contributed by atoms with Gasteiger partial charge in [-0.2, -0.15) is 0 Å². The van der Waals surface area contributed by atoms with Crippen molar-refractivity contribution in [1.29, 1.82) is 0 Å². The molecule has 5 rings (SSSR count). The molecule has 1 amide bonds. The number of ketones is 4. The maximum Gasteiger partial charge on any atom is 0.235 e. The number of nitrogens with two attached hydrogens (primary N) is 1. The minimum atomic E-state index is -2.66. The van der Waals surface area contributed by atoms with Gasteiger partial charge in [-0.25, -0.2) is 0 Å². The molecule has 4 aliphatic carbocycles. The molecule has 5 atom stereocenters. The van der Waals surface area contributed by atoms with E-state index < -0.39 is 58.3 Å². The lowest BCUT2D eigenvalue weighted by Crippen LogP contribution is -2.68. The number of carbonyl (C=O) groups excluding carboxylic acids is 5. The van der Waals surface area contributed by atoms with Crippen LogP contribution < -0.4 is 10.6 Å². The number of phenolic OH excluding ortho intramolecular Hbond substituents is 1. The quantitative estimate of drug-likeness (QED) is 0.396. The molecule has 37 heavy (non-hydrogen) atoms. The molecule has 1 aromatic carbocycles. The molecule has 9 nitrogen and oxygen atoms in total. The van der Waals surface area contributed by atoms with Crippen LogP contribution in [0.2, 0.25) is 0 Å². The van der Waals surface area contributed by atoms with Gasteiger partial charge in [-0.05, 0) is 55.2 Å². The Bertz CT molecular complexity index is 1380. The molecule has 192 valence electrons. The zero-order valence-electron chi connectivity index (χ0n) is 20.7. The van der Waals surface area contributed by atoms with Gasteiger partial charge in [0.15, 0.2) is 34.7 Å². The van der Waals surface area contributed by atoms with E-state index in [-0.39, 0.29) is 36.1 Å². The van der Waals surface area contributed by atoms with Gasteiger partial charge in [0.2, 0.25) is 5.91 Å². The first-order valence-electron chi connectivity index (χ1n) is 12.4. The second kappa shape index (κ2) is 8.67. The Labute approximate surface area is 213 Å². The number of hydrogen-bond donors (Lipinski definition) is 3. The summed E-state index contributed by atoms with van der Waals surface area (Å²) in [7, 11) is 3.60. The Balaban J connectivity index is 1.61. The van der Waals surface area contributed by atoms with E-state index in [1.807, 2.05) is 6.08 Å². The summed E-state index contributed by atoms with van der Waals surface area (Å²) in [6.07, 6.45) is 4.76. The maximum absolute atomic E-state index is 13.8. The van der Waals surface area contributed by atoms with Crippen molar-refractivity contribution < 1.29 is 34.2 Å². The van der Waals surface area contributed by atoms with E-state index in [1.54, 1.807) is 25.1 Å². The summed E-state index contributed by atoms with van der Waals surface area (Å²) in [6.45, 7) is 0. The SMILES string of the molecule is CN(C)c1cc(C#CC2=CCCC2)c(O)c2c1C[C@H]1C[C@H]3CC(=O)C(C(N)=O)C(=O)[C@@]3(O)C(=O)C1C2=O. The number of primary amides is 1. The third kappa shape index (κ3) is 3.62. The number of aromatic hydroxyl groups is 1. The fourth-order valence-corrected chi connectivity index (χ4v) is 6.44. The summed E-state index contributed by atoms with van der Waals surface area (Å²) in [4.78, 5) is 66.6. The number of amides is 1. The van der Waals surface area contributed by atoms with Crippen LogP contribution in [0.5, 0.6) is 5.75 Å². The van der Waals surface area contributed by atoms with Gasteiger partial charge in [0, 0.05) is 32.1 Å². The van der Waals surface area contributed by atoms with Crippen LogP contribution in [-0.2, 0) is 25.6 Å². The van der Waals surface area contributed by atoms with Gasteiger partial charge in [0.1, 0.15) is 5.75 Å². The van der Waals surface area contributed by atoms with Crippen LogP contribution in [0.3, 0.4) is 0 Å². The van der Waals surface area contributed by atoms with Crippen LogP contribution in [0.4, 0.5) is 5.69 Å². The third-order valence-corrected chi connectivity index (χ3v) is 8.26. The van der Waals surface area contributed by atoms with E-state index in [4.69, 9.17) is 5.73 Å². The normalized spacial score (nSPS) is 30.5. The van der Waals surface area contributed by atoms with E-state index in [1.165, 1.54) is 0 Å². The summed E-state index contributed by atoms with van der Waals surface area (Å²) in [5.41, 5.74) is 4.95. The fraction of sp³-hybridized carbons (Fsp3) is 0.464. The number of phenols is 1. The molecule has 0 heterocycles. The highest BCUT2D eigenvalue weighted by Gasteiger charge is 2.66. The van der Waals surface area contributed by atoms with E-state index in [2.05, 4.69) is 11.8 Å². The van der Waals surface area contributed by atoms with E-state index in [9.17, 15) is 34.2 Å². The Hall–Kier alpha value is -3.77. The maximum atomic E-state index is 13.8. The van der Waals surface area contributed by atoms with Crippen molar-refractivity contribution in [3.63, 3.8) is 0 Å². The largest absolute Gasteiger partial charge is 0.506 e. The first-order chi connectivity index (χ1) is 17.5. The van der Waals surface area contributed by atoms with E-state index in [0.717, 1.165) is 24.8 Å². The molecule has 4 aliphatic rings. The van der Waals surface area contributed by atoms with Crippen molar-refractivity contribution >= 4 is 34.7 Å². The Morgan fingerprint density at radius 3 is 2.49 bits per heavy atom. The average Bonchev–Trinajstić information content (AvgIpc) is 3.34. The summed E-state index contributed by atoms with van der Waals surface area (Å²) in [6, 6.07) is 1.72. The molecule has 2 saturated carbocycles. The van der Waals surface area contributed by atoms with Crippen LogP contribution >= 0.6 is 0 Å². The van der Waals surface area contributed by atoms with Gasteiger partial charge in [0.25, 0.3) is 0 Å². The molecular weight excluding hydrogens is 476 g/mol. The first-order valence-corrected chi connectivity index (χ1v) is 12.4. The van der Waals surface area contributed by atoms with Crippen molar-refractivity contribution in [2.75, 3.05) is 19.0 Å². The highest BCUT2D eigenvalue weighted by atomic mass is 16.3. The number of benzene rings is 1. The topological polar surface area (TPSA) is 155 Å². The summed E-state index contributed by atoms with van der Waals surface area (Å²) >= 11 is 0. The van der Waals surface area contributed by atoms with Crippen molar-refractivity contribution in [2.24, 2.45) is 29.4 Å². The summed E-state index contributed by atoms with van der Waals surface area (Å²) in [5, 5.41) is 22.5. The van der Waals surface area contributed by atoms with Crippen LogP contribution in [0, 0.1) is 35.5 Å². The molecule has 1 aromatic rings. The first kappa shape index (κ1) is 24.9. The molecule has 0 aliphatic heterocycles. The van der Waals surface area contributed by atoms with Crippen molar-refractivity contribution in [1.82, 2.24) is 0 Å². The lowest BCUT2D eigenvalue weighted by Gasteiger charge is -2.48. The number of rotatable bonds is 2. The van der Waals surface area contributed by atoms with Gasteiger partial charge in [-0.1, -0.05) is 17.9 Å². The summed E-state index contributed by atoms with van der Waals surface area (Å²) in [5.74, 6) is -4.23. The number of nitrogens with zero attached hydrogens (tertiary/aromatic N) is 1. The highest BCUT2D eigenvalue weighted by Crippen LogP contribution is 2.51. The fourth-order valence-electron chi connectivity index (χ4n) is 6.44. The number of allylic oxidation sites excluding steroid dienone is 2. The summed E-state index contributed by atoms with van der Waals surface area (Å²) < 4.78 is 0. The number of carbonyl (C=O) groups is 5. The van der Waals surface area contributed by atoms with Crippen LogP contribution in [-0.4, -0.2) is 58.9 Å². The molecule has 9 heteroatoms. The predicted octanol–water partition coefficient (Wildman–Crippen LogP) is 0.855. The van der Waals surface area contributed by atoms with E-state index in [0.29, 0.717) is 11.3 Å². The van der Waals surface area contributed by atoms with Gasteiger partial charge in [-0.15, -0.1) is 0 Å². The Kier molecular flexibility index (Phi) is 5.83. The lowest BCUT2D eigenvalue weighted by molar-refractivity contribution is -0.175. The molecule has 4 N–H and O–H groups in total.